The van der Waals surface area contributed by atoms with E-state index in [9.17, 15) is 14.4 Å². The summed E-state index contributed by atoms with van der Waals surface area (Å²) < 4.78 is 4.55. The van der Waals surface area contributed by atoms with Gasteiger partial charge in [-0.05, 0) is 17.7 Å². The number of nitrogens with zero attached hydrogens (tertiary/aromatic N) is 1. The fourth-order valence-corrected chi connectivity index (χ4v) is 1.83. The second-order valence-electron chi connectivity index (χ2n) is 4.31. The van der Waals surface area contributed by atoms with Crippen LogP contribution in [-0.2, 0) is 19.2 Å². The smallest absolute Gasteiger partial charge is 0.363 e. The van der Waals surface area contributed by atoms with Crippen LogP contribution in [0.25, 0.3) is 0 Å². The van der Waals surface area contributed by atoms with Gasteiger partial charge in [0, 0.05) is 0 Å². The first-order valence-corrected chi connectivity index (χ1v) is 5.81. The average Bonchev–Trinajstić information content (AvgIpc) is 2.93. The highest BCUT2D eigenvalue weighted by atomic mass is 16.7. The van der Waals surface area contributed by atoms with Crippen LogP contribution in [0.5, 0.6) is 0 Å². The number of aliphatic carboxylic acids is 2. The minimum Gasteiger partial charge on any atom is -0.478 e. The molecule has 1 aliphatic rings. The number of methoxy groups -OCH3 is 1. The Morgan fingerprint density at radius 1 is 1.19 bits per heavy atom. The number of hydrogen-bond acceptors (Lipinski definition) is 6. The molecule has 0 aliphatic carbocycles. The van der Waals surface area contributed by atoms with Gasteiger partial charge in [-0.2, -0.15) is 0 Å². The third kappa shape index (κ3) is 2.42. The van der Waals surface area contributed by atoms with Crippen molar-refractivity contribution < 1.29 is 34.2 Å². The van der Waals surface area contributed by atoms with Crippen molar-refractivity contribution in [1.82, 2.24) is 0 Å². The van der Waals surface area contributed by atoms with E-state index in [0.717, 1.165) is 0 Å². The largest absolute Gasteiger partial charge is 0.478 e. The maximum absolute atomic E-state index is 11.3. The topological polar surface area (TPSA) is 122 Å². The molecule has 2 rings (SSSR count). The zero-order chi connectivity index (χ0) is 15.6. The lowest BCUT2D eigenvalue weighted by molar-refractivity contribution is -0.179. The van der Waals surface area contributed by atoms with Crippen LogP contribution in [0.4, 0.5) is 0 Å². The summed E-state index contributed by atoms with van der Waals surface area (Å²) in [7, 11) is 1.25. The average molecular weight is 293 g/mol. The van der Waals surface area contributed by atoms with Crippen LogP contribution in [0.1, 0.15) is 22.3 Å². The molecule has 21 heavy (non-hydrogen) atoms. The van der Waals surface area contributed by atoms with Crippen LogP contribution in [0.2, 0.25) is 0 Å². The summed E-state index contributed by atoms with van der Waals surface area (Å²) in [4.78, 5) is 38.1. The van der Waals surface area contributed by atoms with Gasteiger partial charge in [0.05, 0.1) is 24.8 Å². The molecule has 2 N–H and O–H groups in total. The van der Waals surface area contributed by atoms with Gasteiger partial charge in [-0.1, -0.05) is 17.3 Å². The summed E-state index contributed by atoms with van der Waals surface area (Å²) in [6, 6.07) is 5.94. The van der Waals surface area contributed by atoms with E-state index in [0.29, 0.717) is 11.1 Å². The molecule has 0 amide bonds. The van der Waals surface area contributed by atoms with Crippen LogP contribution in [0.3, 0.4) is 0 Å². The minimum absolute atomic E-state index is 0.177. The number of esters is 1. The lowest BCUT2D eigenvalue weighted by Gasteiger charge is -2.15. The van der Waals surface area contributed by atoms with E-state index < -0.39 is 29.9 Å². The molecular formula is C13H11NO7. The molecule has 1 aromatic carbocycles. The summed E-state index contributed by atoms with van der Waals surface area (Å²) in [6.45, 7) is 0. The van der Waals surface area contributed by atoms with Crippen molar-refractivity contribution in [2.45, 2.75) is 12.0 Å². The van der Waals surface area contributed by atoms with Crippen molar-refractivity contribution in [1.29, 1.82) is 0 Å². The van der Waals surface area contributed by atoms with Crippen LogP contribution >= 0.6 is 0 Å². The normalized spacial score (nSPS) is 15.8. The van der Waals surface area contributed by atoms with E-state index in [4.69, 9.17) is 10.2 Å². The van der Waals surface area contributed by atoms with Crippen LogP contribution in [0.15, 0.2) is 29.4 Å². The van der Waals surface area contributed by atoms with Gasteiger partial charge in [0.2, 0.25) is 0 Å². The lowest BCUT2D eigenvalue weighted by Crippen LogP contribution is -2.46. The van der Waals surface area contributed by atoms with Gasteiger partial charge in [0.25, 0.3) is 0 Å². The second-order valence-corrected chi connectivity index (χ2v) is 4.31. The van der Waals surface area contributed by atoms with Gasteiger partial charge >= 0.3 is 23.5 Å². The quantitative estimate of drug-likeness (QED) is 0.612. The summed E-state index contributed by atoms with van der Waals surface area (Å²) >= 11 is 0. The Morgan fingerprint density at radius 3 is 2.19 bits per heavy atom. The number of rotatable bonds is 4. The molecule has 0 radical (unpaired) electrons. The summed E-state index contributed by atoms with van der Waals surface area (Å²) in [5.74, 6) is -3.77. The molecule has 0 atom stereocenters. The molecule has 0 saturated carbocycles. The molecule has 0 unspecified atom stereocenters. The number of oxime groups is 1. The molecule has 0 saturated heterocycles. The Bertz CT molecular complexity index is 618. The van der Waals surface area contributed by atoms with Crippen molar-refractivity contribution in [2.75, 3.05) is 7.11 Å². The molecule has 0 bridgehead atoms. The molecular weight excluding hydrogens is 282 g/mol. The van der Waals surface area contributed by atoms with Gasteiger partial charge < -0.3 is 19.8 Å². The van der Waals surface area contributed by atoms with Gasteiger partial charge in [-0.15, -0.1) is 0 Å². The highest BCUT2D eigenvalue weighted by Gasteiger charge is 2.54. The Balaban J connectivity index is 2.23. The maximum Gasteiger partial charge on any atom is 0.363 e. The van der Waals surface area contributed by atoms with Crippen molar-refractivity contribution in [3.05, 3.63) is 35.4 Å². The first-order chi connectivity index (χ1) is 9.90. The number of benzene rings is 1. The first-order valence-electron chi connectivity index (χ1n) is 5.81. The Kier molecular flexibility index (Phi) is 3.62. The number of carbonyl (C=O) groups excluding carboxylic acids is 1. The van der Waals surface area contributed by atoms with Gasteiger partial charge in [0.1, 0.15) is 0 Å². The first kappa shape index (κ1) is 14.5. The molecule has 0 aromatic heterocycles. The van der Waals surface area contributed by atoms with Crippen molar-refractivity contribution in [3.63, 3.8) is 0 Å². The van der Waals surface area contributed by atoms with E-state index in [1.807, 2.05) is 0 Å². The lowest BCUT2D eigenvalue weighted by atomic mass is 9.94. The standard InChI is InChI=1S/C13H11NO7/c1-20-10(15)8-4-2-7(3-5-8)9-6-13(11(16)17,12(18)19)21-14-9/h2-5H,6H2,1H3,(H,16,17)(H,18,19). The highest BCUT2D eigenvalue weighted by Crippen LogP contribution is 2.28. The monoisotopic (exact) mass is 293 g/mol. The van der Waals surface area contributed by atoms with E-state index >= 15 is 0 Å². The maximum atomic E-state index is 11.3. The number of carbonyl (C=O) groups is 3. The molecule has 8 heteroatoms. The van der Waals surface area contributed by atoms with Crippen LogP contribution in [-0.4, -0.2) is 46.5 Å². The summed E-state index contributed by atoms with van der Waals surface area (Å²) in [6.07, 6.45) is -0.408. The molecule has 1 heterocycles. The number of carboxylic acid groups (broad SMARTS) is 2. The molecule has 8 nitrogen and oxygen atoms in total. The third-order valence-corrected chi connectivity index (χ3v) is 3.06. The Hall–Kier alpha value is -2.90. The van der Waals surface area contributed by atoms with Crippen LogP contribution in [0, 0.1) is 0 Å². The SMILES string of the molecule is COC(=O)c1ccc(C2=NOC(C(=O)O)(C(=O)O)C2)cc1. The Labute approximate surface area is 118 Å². The van der Waals surface area contributed by atoms with Crippen molar-refractivity contribution in [3.8, 4) is 0 Å². The van der Waals surface area contributed by atoms with Gasteiger partial charge in [-0.25, -0.2) is 14.4 Å². The fourth-order valence-electron chi connectivity index (χ4n) is 1.83. The number of ether oxygens (including phenoxy) is 1. The molecule has 1 aliphatic heterocycles. The Morgan fingerprint density at radius 2 is 1.76 bits per heavy atom. The van der Waals surface area contributed by atoms with E-state index in [1.54, 1.807) is 0 Å². The number of hydrogen-bond donors (Lipinski definition) is 2. The molecule has 0 spiro atoms. The third-order valence-electron chi connectivity index (χ3n) is 3.06. The fraction of sp³-hybridized carbons (Fsp3) is 0.231. The predicted octanol–water partition coefficient (Wildman–Crippen LogP) is 0.506. The van der Waals surface area contributed by atoms with Crippen LogP contribution < -0.4 is 0 Å². The minimum atomic E-state index is -2.41. The second kappa shape index (κ2) is 5.23. The van der Waals surface area contributed by atoms with E-state index in [-0.39, 0.29) is 5.71 Å². The van der Waals surface area contributed by atoms with E-state index in [1.165, 1.54) is 31.4 Å². The summed E-state index contributed by atoms with van der Waals surface area (Å²) in [5, 5.41) is 21.6. The highest BCUT2D eigenvalue weighted by molar-refractivity contribution is 6.12. The number of carboxylic acids is 2. The van der Waals surface area contributed by atoms with Gasteiger partial charge in [-0.3, -0.25) is 0 Å². The van der Waals surface area contributed by atoms with E-state index in [2.05, 4.69) is 14.7 Å². The predicted molar refractivity (Wildman–Crippen MR) is 68.0 cm³/mol. The van der Waals surface area contributed by atoms with Crippen molar-refractivity contribution in [2.24, 2.45) is 5.16 Å². The molecule has 1 aromatic rings. The molecule has 110 valence electrons. The van der Waals surface area contributed by atoms with Gasteiger partial charge in [0.15, 0.2) is 0 Å². The molecule has 0 fully saturated rings. The zero-order valence-electron chi connectivity index (χ0n) is 10.9. The van der Waals surface area contributed by atoms with Crippen molar-refractivity contribution >= 4 is 23.6 Å². The zero-order valence-corrected chi connectivity index (χ0v) is 10.9. The summed E-state index contributed by atoms with van der Waals surface area (Å²) in [5.41, 5.74) is -1.46.